The third-order valence-electron chi connectivity index (χ3n) is 4.22. The van der Waals surface area contributed by atoms with E-state index in [2.05, 4.69) is 0 Å². The first kappa shape index (κ1) is 19.9. The lowest BCUT2D eigenvalue weighted by Crippen LogP contribution is -2.24. The van der Waals surface area contributed by atoms with Gasteiger partial charge in [-0.05, 0) is 37.5 Å². The van der Waals surface area contributed by atoms with E-state index >= 15 is 0 Å². The van der Waals surface area contributed by atoms with Crippen molar-refractivity contribution in [2.45, 2.75) is 25.6 Å². The lowest BCUT2D eigenvalue weighted by molar-refractivity contribution is -0.385. The van der Waals surface area contributed by atoms with Crippen molar-refractivity contribution in [3.8, 4) is 23.0 Å². The van der Waals surface area contributed by atoms with E-state index < -0.39 is 4.92 Å². The van der Waals surface area contributed by atoms with Gasteiger partial charge in [0.1, 0.15) is 6.61 Å². The fourth-order valence-corrected chi connectivity index (χ4v) is 2.85. The average molecular weight is 389 g/mol. The van der Waals surface area contributed by atoms with E-state index in [9.17, 15) is 10.1 Å². The van der Waals surface area contributed by atoms with E-state index in [1.165, 1.54) is 13.2 Å². The van der Waals surface area contributed by atoms with Gasteiger partial charge in [0.2, 0.25) is 5.75 Å². The fraction of sp³-hybridized carbons (Fsp3) is 0.400. The maximum absolute atomic E-state index is 11.5. The molecule has 28 heavy (non-hydrogen) atoms. The number of nitro benzene ring substituents is 1. The van der Waals surface area contributed by atoms with Crippen molar-refractivity contribution in [2.24, 2.45) is 0 Å². The number of para-hydroxylation sites is 3. The molecule has 8 nitrogen and oxygen atoms in total. The molecule has 0 spiro atoms. The molecule has 3 rings (SSSR count). The molecule has 0 bridgehead atoms. The van der Waals surface area contributed by atoms with Gasteiger partial charge in [-0.3, -0.25) is 10.1 Å². The third kappa shape index (κ3) is 5.11. The van der Waals surface area contributed by atoms with Gasteiger partial charge in [-0.2, -0.15) is 0 Å². The first-order valence-corrected chi connectivity index (χ1v) is 9.13. The second kappa shape index (κ2) is 9.91. The van der Waals surface area contributed by atoms with Gasteiger partial charge < -0.3 is 23.7 Å². The Hall–Kier alpha value is -2.84. The van der Waals surface area contributed by atoms with Gasteiger partial charge in [0.25, 0.3) is 0 Å². The Morgan fingerprint density at radius 1 is 1.07 bits per heavy atom. The summed E-state index contributed by atoms with van der Waals surface area (Å²) in [5.41, 5.74) is -0.195. The minimum atomic E-state index is -0.510. The SMILES string of the molecule is COc1ccccc1Oc1c(OCCOC2CCCCO2)cccc1[N+](=O)[O-]. The molecule has 8 heteroatoms. The van der Waals surface area contributed by atoms with E-state index in [0.717, 1.165) is 19.3 Å². The summed E-state index contributed by atoms with van der Waals surface area (Å²) in [6, 6.07) is 11.5. The highest BCUT2D eigenvalue weighted by atomic mass is 16.7. The van der Waals surface area contributed by atoms with Crippen LogP contribution in [0.2, 0.25) is 0 Å². The van der Waals surface area contributed by atoms with E-state index in [0.29, 0.717) is 24.7 Å². The van der Waals surface area contributed by atoms with Gasteiger partial charge in [0, 0.05) is 12.7 Å². The van der Waals surface area contributed by atoms with Crippen molar-refractivity contribution in [1.82, 2.24) is 0 Å². The number of benzene rings is 2. The number of rotatable bonds is 9. The van der Waals surface area contributed by atoms with Crippen LogP contribution >= 0.6 is 0 Å². The molecule has 1 unspecified atom stereocenters. The molecule has 0 saturated carbocycles. The number of hydrogen-bond acceptors (Lipinski definition) is 7. The Labute approximate surface area is 163 Å². The monoisotopic (exact) mass is 389 g/mol. The summed E-state index contributed by atoms with van der Waals surface area (Å²) < 4.78 is 27.9. The lowest BCUT2D eigenvalue weighted by atomic mass is 10.2. The number of hydrogen-bond donors (Lipinski definition) is 0. The zero-order chi connectivity index (χ0) is 19.8. The van der Waals surface area contributed by atoms with Gasteiger partial charge >= 0.3 is 5.69 Å². The van der Waals surface area contributed by atoms with Crippen LogP contribution in [0.1, 0.15) is 19.3 Å². The molecular formula is C20H23NO7. The van der Waals surface area contributed by atoms with Crippen LogP contribution in [0, 0.1) is 10.1 Å². The fourth-order valence-electron chi connectivity index (χ4n) is 2.85. The Morgan fingerprint density at radius 3 is 2.57 bits per heavy atom. The summed E-state index contributed by atoms with van der Waals surface area (Å²) in [6.07, 6.45) is 2.77. The number of nitrogens with zero attached hydrogens (tertiary/aromatic N) is 1. The van der Waals surface area contributed by atoms with Crippen molar-refractivity contribution in [2.75, 3.05) is 26.9 Å². The second-order valence-corrected chi connectivity index (χ2v) is 6.13. The Bertz CT molecular complexity index is 790. The zero-order valence-corrected chi connectivity index (χ0v) is 15.7. The van der Waals surface area contributed by atoms with E-state index in [-0.39, 0.29) is 30.1 Å². The normalized spacial score (nSPS) is 16.4. The molecule has 0 amide bonds. The summed E-state index contributed by atoms with van der Waals surface area (Å²) in [5.74, 6) is 1.10. The Balaban J connectivity index is 1.71. The van der Waals surface area contributed by atoms with Crippen molar-refractivity contribution in [1.29, 1.82) is 0 Å². The van der Waals surface area contributed by atoms with Crippen LogP contribution in [-0.2, 0) is 9.47 Å². The molecule has 2 aromatic carbocycles. The van der Waals surface area contributed by atoms with Crippen LogP contribution in [-0.4, -0.2) is 38.1 Å². The highest BCUT2D eigenvalue weighted by Gasteiger charge is 2.22. The van der Waals surface area contributed by atoms with Crippen LogP contribution in [0.3, 0.4) is 0 Å². The van der Waals surface area contributed by atoms with Crippen LogP contribution in [0.25, 0.3) is 0 Å². The maximum Gasteiger partial charge on any atom is 0.315 e. The van der Waals surface area contributed by atoms with E-state index in [1.54, 1.807) is 36.4 Å². The number of methoxy groups -OCH3 is 1. The molecule has 1 atom stereocenters. The van der Waals surface area contributed by atoms with Gasteiger partial charge in [-0.1, -0.05) is 18.2 Å². The smallest absolute Gasteiger partial charge is 0.315 e. The highest BCUT2D eigenvalue weighted by molar-refractivity contribution is 5.58. The molecule has 0 N–H and O–H groups in total. The molecule has 2 aromatic rings. The van der Waals surface area contributed by atoms with Crippen LogP contribution in [0.5, 0.6) is 23.0 Å². The Kier molecular flexibility index (Phi) is 7.05. The molecular weight excluding hydrogens is 366 g/mol. The molecule has 1 saturated heterocycles. The van der Waals surface area contributed by atoms with Crippen molar-refractivity contribution >= 4 is 5.69 Å². The topological polar surface area (TPSA) is 89.3 Å². The van der Waals surface area contributed by atoms with Gasteiger partial charge in [0.05, 0.1) is 18.6 Å². The second-order valence-electron chi connectivity index (χ2n) is 6.13. The minimum absolute atomic E-state index is 0.0194. The first-order chi connectivity index (χ1) is 13.7. The Morgan fingerprint density at radius 2 is 1.86 bits per heavy atom. The standard InChI is InChI=1S/C20H23NO7/c1-24-16-8-2-3-9-17(16)28-20-15(21(22)23)7-6-10-18(20)25-13-14-27-19-11-4-5-12-26-19/h2-3,6-10,19H,4-5,11-14H2,1H3. The predicted octanol–water partition coefficient (Wildman–Crippen LogP) is 4.32. The molecule has 1 aliphatic heterocycles. The number of nitro groups is 1. The number of ether oxygens (including phenoxy) is 5. The molecule has 0 radical (unpaired) electrons. The highest BCUT2D eigenvalue weighted by Crippen LogP contribution is 2.42. The van der Waals surface area contributed by atoms with Crippen molar-refractivity contribution in [3.63, 3.8) is 0 Å². The zero-order valence-electron chi connectivity index (χ0n) is 15.7. The predicted molar refractivity (Wildman–Crippen MR) is 101 cm³/mol. The largest absolute Gasteiger partial charge is 0.493 e. The van der Waals surface area contributed by atoms with Crippen LogP contribution in [0.15, 0.2) is 42.5 Å². The maximum atomic E-state index is 11.5. The molecule has 1 heterocycles. The van der Waals surface area contributed by atoms with Crippen LogP contribution in [0.4, 0.5) is 5.69 Å². The lowest BCUT2D eigenvalue weighted by Gasteiger charge is -2.22. The quantitative estimate of drug-likeness (QED) is 0.358. The average Bonchev–Trinajstić information content (AvgIpc) is 2.73. The minimum Gasteiger partial charge on any atom is -0.493 e. The molecule has 150 valence electrons. The molecule has 0 aliphatic carbocycles. The van der Waals surface area contributed by atoms with E-state index in [1.807, 2.05) is 0 Å². The molecule has 1 aliphatic rings. The van der Waals surface area contributed by atoms with Gasteiger partial charge in [-0.15, -0.1) is 0 Å². The summed E-state index contributed by atoms with van der Waals surface area (Å²) in [4.78, 5) is 10.9. The summed E-state index contributed by atoms with van der Waals surface area (Å²) in [7, 11) is 1.50. The summed E-state index contributed by atoms with van der Waals surface area (Å²) in [5, 5.41) is 11.5. The van der Waals surface area contributed by atoms with Gasteiger partial charge in [0.15, 0.2) is 23.5 Å². The molecule has 0 aromatic heterocycles. The molecule has 1 fully saturated rings. The van der Waals surface area contributed by atoms with E-state index in [4.69, 9.17) is 23.7 Å². The van der Waals surface area contributed by atoms with Crippen molar-refractivity contribution in [3.05, 3.63) is 52.6 Å². The first-order valence-electron chi connectivity index (χ1n) is 9.13. The third-order valence-corrected chi connectivity index (χ3v) is 4.22. The van der Waals surface area contributed by atoms with Crippen molar-refractivity contribution < 1.29 is 28.6 Å². The van der Waals surface area contributed by atoms with Crippen LogP contribution < -0.4 is 14.2 Å². The summed E-state index contributed by atoms with van der Waals surface area (Å²) in [6.45, 7) is 1.22. The summed E-state index contributed by atoms with van der Waals surface area (Å²) >= 11 is 0. The van der Waals surface area contributed by atoms with Gasteiger partial charge in [-0.25, -0.2) is 0 Å².